The van der Waals surface area contributed by atoms with Gasteiger partial charge in [0.2, 0.25) is 5.88 Å². The number of amides is 1. The summed E-state index contributed by atoms with van der Waals surface area (Å²) in [4.78, 5) is 23.2. The number of carbonyl (C=O) groups excluding carboxylic acids is 2. The summed E-state index contributed by atoms with van der Waals surface area (Å²) in [5.74, 6) is -0.716. The Morgan fingerprint density at radius 1 is 1.21 bits per heavy atom. The molecule has 1 heterocycles. The summed E-state index contributed by atoms with van der Waals surface area (Å²) < 4.78 is 49.6. The first-order valence-electron chi connectivity index (χ1n) is 8.27. The fraction of sp³-hybridized carbons (Fsp3) is 0.353. The van der Waals surface area contributed by atoms with E-state index in [1.807, 2.05) is 0 Å². The van der Waals surface area contributed by atoms with Gasteiger partial charge in [-0.1, -0.05) is 30.1 Å². The second-order valence-corrected chi connectivity index (χ2v) is 6.52. The van der Waals surface area contributed by atoms with Crippen molar-refractivity contribution in [1.82, 2.24) is 15.1 Å². The SMILES string of the molecule is CCC(=O)OCCNC(=O)n1nc(Oc2c(Cl)cc(C(F)(F)F)cc2Cl)cc1C. The van der Waals surface area contributed by atoms with E-state index in [0.29, 0.717) is 17.8 Å². The van der Waals surface area contributed by atoms with Gasteiger partial charge in [0.05, 0.1) is 27.8 Å². The lowest BCUT2D eigenvalue weighted by Gasteiger charge is -2.11. The molecule has 12 heteroatoms. The minimum absolute atomic E-state index is 0.00113. The van der Waals surface area contributed by atoms with Crippen molar-refractivity contribution in [3.8, 4) is 11.6 Å². The van der Waals surface area contributed by atoms with Crippen molar-refractivity contribution < 1.29 is 32.2 Å². The van der Waals surface area contributed by atoms with Crippen molar-refractivity contribution in [2.24, 2.45) is 0 Å². The lowest BCUT2D eigenvalue weighted by Crippen LogP contribution is -2.33. The van der Waals surface area contributed by atoms with Crippen molar-refractivity contribution in [1.29, 1.82) is 0 Å². The molecule has 7 nitrogen and oxygen atoms in total. The highest BCUT2D eigenvalue weighted by molar-refractivity contribution is 6.37. The molecule has 0 atom stereocenters. The highest BCUT2D eigenvalue weighted by atomic mass is 35.5. The third-order valence-electron chi connectivity index (χ3n) is 3.52. The Balaban J connectivity index is 2.09. The number of halogens is 5. The smallest absolute Gasteiger partial charge is 0.416 e. The van der Waals surface area contributed by atoms with Gasteiger partial charge >= 0.3 is 18.2 Å². The van der Waals surface area contributed by atoms with E-state index < -0.39 is 23.7 Å². The Bertz CT molecular complexity index is 893. The molecule has 0 bridgehead atoms. The summed E-state index contributed by atoms with van der Waals surface area (Å²) in [6, 6.07) is 2.11. The van der Waals surface area contributed by atoms with Crippen molar-refractivity contribution in [2.45, 2.75) is 26.4 Å². The van der Waals surface area contributed by atoms with E-state index in [4.69, 9.17) is 32.7 Å². The zero-order chi connectivity index (χ0) is 21.8. The van der Waals surface area contributed by atoms with E-state index in [1.165, 1.54) is 6.07 Å². The molecule has 158 valence electrons. The molecule has 0 saturated heterocycles. The molecule has 0 unspecified atom stereocenters. The van der Waals surface area contributed by atoms with Crippen molar-refractivity contribution >= 4 is 35.2 Å². The Hall–Kier alpha value is -2.46. The quantitative estimate of drug-likeness (QED) is 0.500. The molecule has 2 rings (SSSR count). The van der Waals surface area contributed by atoms with E-state index in [9.17, 15) is 22.8 Å². The third-order valence-corrected chi connectivity index (χ3v) is 4.08. The molecule has 0 spiro atoms. The van der Waals surface area contributed by atoms with Gasteiger partial charge in [-0.3, -0.25) is 4.79 Å². The van der Waals surface area contributed by atoms with Crippen LogP contribution < -0.4 is 10.1 Å². The topological polar surface area (TPSA) is 82.5 Å². The number of hydrogen-bond acceptors (Lipinski definition) is 5. The van der Waals surface area contributed by atoms with Gasteiger partial charge in [-0.05, 0) is 19.1 Å². The van der Waals surface area contributed by atoms with Crippen LogP contribution >= 0.6 is 23.2 Å². The lowest BCUT2D eigenvalue weighted by atomic mass is 10.2. The third kappa shape index (κ3) is 6.01. The number of nitrogens with one attached hydrogen (secondary N) is 1. The Morgan fingerprint density at radius 3 is 2.38 bits per heavy atom. The molecule has 1 aromatic carbocycles. The van der Waals surface area contributed by atoms with E-state index >= 15 is 0 Å². The number of nitrogens with zero attached hydrogens (tertiary/aromatic N) is 2. The predicted molar refractivity (Wildman–Crippen MR) is 98.5 cm³/mol. The zero-order valence-electron chi connectivity index (χ0n) is 15.3. The van der Waals surface area contributed by atoms with Crippen LogP contribution in [0.2, 0.25) is 10.0 Å². The molecule has 0 aliphatic carbocycles. The number of aryl methyl sites for hydroxylation is 1. The van der Waals surface area contributed by atoms with Gasteiger partial charge in [0, 0.05) is 12.5 Å². The maximum atomic E-state index is 12.8. The molecule has 29 heavy (non-hydrogen) atoms. The molecule has 0 saturated carbocycles. The highest BCUT2D eigenvalue weighted by Gasteiger charge is 2.32. The molecule has 0 fully saturated rings. The Morgan fingerprint density at radius 2 is 1.83 bits per heavy atom. The summed E-state index contributed by atoms with van der Waals surface area (Å²) in [5, 5.41) is 5.69. The number of esters is 1. The van der Waals surface area contributed by atoms with Crippen LogP contribution in [0.4, 0.5) is 18.0 Å². The minimum atomic E-state index is -4.62. The fourth-order valence-corrected chi connectivity index (χ4v) is 2.69. The molecular formula is C17H16Cl2F3N3O4. The van der Waals surface area contributed by atoms with Crippen molar-refractivity contribution in [2.75, 3.05) is 13.2 Å². The first-order valence-corrected chi connectivity index (χ1v) is 9.03. The van der Waals surface area contributed by atoms with Gasteiger partial charge in [-0.25, -0.2) is 4.79 Å². The minimum Gasteiger partial charge on any atom is -0.464 e. The number of hydrogen-bond donors (Lipinski definition) is 1. The summed E-state index contributed by atoms with van der Waals surface area (Å²) in [7, 11) is 0. The first kappa shape index (κ1) is 22.8. The van der Waals surface area contributed by atoms with Gasteiger partial charge in [-0.2, -0.15) is 17.9 Å². The maximum Gasteiger partial charge on any atom is 0.416 e. The normalized spacial score (nSPS) is 11.3. The van der Waals surface area contributed by atoms with E-state index in [0.717, 1.165) is 4.68 Å². The van der Waals surface area contributed by atoms with E-state index in [-0.39, 0.29) is 41.2 Å². The molecule has 0 aliphatic heterocycles. The summed E-state index contributed by atoms with van der Waals surface area (Å²) >= 11 is 11.7. The van der Waals surface area contributed by atoms with Crippen LogP contribution in [0.25, 0.3) is 0 Å². The first-order chi connectivity index (χ1) is 13.5. The lowest BCUT2D eigenvalue weighted by molar-refractivity contribution is -0.143. The molecule has 2 aromatic rings. The van der Waals surface area contributed by atoms with Crippen LogP contribution in [0.5, 0.6) is 11.6 Å². The van der Waals surface area contributed by atoms with Gasteiger partial charge in [0.25, 0.3) is 0 Å². The number of rotatable bonds is 6. The van der Waals surface area contributed by atoms with Crippen molar-refractivity contribution in [3.63, 3.8) is 0 Å². The molecular weight excluding hydrogens is 438 g/mol. The molecule has 1 amide bonds. The molecule has 0 aliphatic rings. The number of aromatic nitrogens is 2. The largest absolute Gasteiger partial charge is 0.464 e. The van der Waals surface area contributed by atoms with Crippen LogP contribution in [0, 0.1) is 6.92 Å². The van der Waals surface area contributed by atoms with E-state index in [1.54, 1.807) is 13.8 Å². The summed E-state index contributed by atoms with van der Waals surface area (Å²) in [5.41, 5.74) is -0.646. The highest BCUT2D eigenvalue weighted by Crippen LogP contribution is 2.41. The van der Waals surface area contributed by atoms with Crippen LogP contribution in [0.3, 0.4) is 0 Å². The standard InChI is InChI=1S/C17H16Cl2F3N3O4/c1-3-14(26)28-5-4-23-16(27)25-9(2)6-13(24-25)29-15-11(18)7-10(8-12(15)19)17(20,21)22/h6-8H,3-5H2,1-2H3,(H,23,27). The van der Waals surface area contributed by atoms with Crippen LogP contribution in [-0.2, 0) is 15.7 Å². The van der Waals surface area contributed by atoms with Crippen LogP contribution in [0.1, 0.15) is 24.6 Å². The van der Waals surface area contributed by atoms with Crippen LogP contribution in [0.15, 0.2) is 18.2 Å². The van der Waals surface area contributed by atoms with Gasteiger partial charge in [0.15, 0.2) is 5.75 Å². The van der Waals surface area contributed by atoms with Crippen LogP contribution in [-0.4, -0.2) is 34.9 Å². The number of alkyl halides is 3. The van der Waals surface area contributed by atoms with Gasteiger partial charge in [-0.15, -0.1) is 5.10 Å². The molecule has 1 N–H and O–H groups in total. The van der Waals surface area contributed by atoms with Gasteiger partial charge < -0.3 is 14.8 Å². The number of ether oxygens (including phenoxy) is 2. The van der Waals surface area contributed by atoms with Crippen molar-refractivity contribution in [3.05, 3.63) is 39.5 Å². The summed E-state index contributed by atoms with van der Waals surface area (Å²) in [6.07, 6.45) is -4.39. The second-order valence-electron chi connectivity index (χ2n) is 5.71. The predicted octanol–water partition coefficient (Wildman–Crippen LogP) is 4.82. The Kier molecular flexibility index (Phi) is 7.37. The zero-order valence-corrected chi connectivity index (χ0v) is 16.8. The average molecular weight is 454 g/mol. The number of benzene rings is 1. The molecule has 1 aromatic heterocycles. The second kappa shape index (κ2) is 9.36. The van der Waals surface area contributed by atoms with Gasteiger partial charge in [0.1, 0.15) is 6.61 Å². The van der Waals surface area contributed by atoms with E-state index in [2.05, 4.69) is 10.4 Å². The fourth-order valence-electron chi connectivity index (χ4n) is 2.13. The molecule has 0 radical (unpaired) electrons. The Labute approximate surface area is 173 Å². The maximum absolute atomic E-state index is 12.8. The summed E-state index contributed by atoms with van der Waals surface area (Å²) in [6.45, 7) is 3.27. The monoisotopic (exact) mass is 453 g/mol. The average Bonchev–Trinajstić information content (AvgIpc) is 3.00. The number of carbonyl (C=O) groups is 2.